The molecule has 4 N–H and O–H groups in total. The number of nitrogens with one attached hydrogen (secondary N) is 2. The molecule has 2 aromatic heterocycles. The number of hydrogen-bond donors (Lipinski definition) is 3. The minimum absolute atomic E-state index is 0.588. The molecular formula is C10H15N7. The lowest BCUT2D eigenvalue weighted by Gasteiger charge is -2.08. The number of anilines is 2. The lowest BCUT2D eigenvalue weighted by atomic mass is 10.4. The van der Waals surface area contributed by atoms with Gasteiger partial charge in [-0.3, -0.25) is 4.68 Å². The standard InChI is InChI=1S/C10H15N7/c1-7-14-9(5-10(15-7)16-11)12-6-8-3-4-13-17(8)2/h3-5H,6,11H2,1-2H3,(H2,12,14,15,16). The van der Waals surface area contributed by atoms with Gasteiger partial charge in [-0.05, 0) is 13.0 Å². The van der Waals surface area contributed by atoms with Crippen LogP contribution in [0.1, 0.15) is 11.5 Å². The van der Waals surface area contributed by atoms with Crippen LogP contribution in [0.4, 0.5) is 11.6 Å². The fourth-order valence-electron chi connectivity index (χ4n) is 1.49. The number of rotatable bonds is 4. The molecule has 7 heteroatoms. The second kappa shape index (κ2) is 4.79. The fourth-order valence-corrected chi connectivity index (χ4v) is 1.49. The van der Waals surface area contributed by atoms with Crippen LogP contribution in [-0.2, 0) is 13.6 Å². The van der Waals surface area contributed by atoms with Crippen LogP contribution >= 0.6 is 0 Å². The molecule has 0 radical (unpaired) electrons. The van der Waals surface area contributed by atoms with Crippen molar-refractivity contribution in [2.75, 3.05) is 10.7 Å². The van der Waals surface area contributed by atoms with E-state index in [4.69, 9.17) is 5.84 Å². The lowest BCUT2D eigenvalue weighted by molar-refractivity contribution is 0.719. The van der Waals surface area contributed by atoms with Crippen molar-refractivity contribution < 1.29 is 0 Å². The van der Waals surface area contributed by atoms with E-state index in [1.54, 1.807) is 12.3 Å². The molecule has 0 aliphatic heterocycles. The van der Waals surface area contributed by atoms with Crippen LogP contribution in [0.3, 0.4) is 0 Å². The first-order valence-corrected chi connectivity index (χ1v) is 5.22. The topological polar surface area (TPSA) is 93.7 Å². The predicted octanol–water partition coefficient (Wildman–Crippen LogP) is 0.416. The van der Waals surface area contributed by atoms with Gasteiger partial charge in [0.25, 0.3) is 0 Å². The number of hydrogen-bond acceptors (Lipinski definition) is 6. The zero-order chi connectivity index (χ0) is 12.3. The minimum Gasteiger partial charge on any atom is -0.364 e. The summed E-state index contributed by atoms with van der Waals surface area (Å²) in [6.45, 7) is 2.47. The van der Waals surface area contributed by atoms with Gasteiger partial charge in [-0.15, -0.1) is 0 Å². The summed E-state index contributed by atoms with van der Waals surface area (Å²) in [6, 6.07) is 3.70. The molecule has 0 unspecified atom stereocenters. The minimum atomic E-state index is 0.588. The van der Waals surface area contributed by atoms with Crippen LogP contribution in [0.2, 0.25) is 0 Å². The van der Waals surface area contributed by atoms with E-state index < -0.39 is 0 Å². The van der Waals surface area contributed by atoms with Gasteiger partial charge in [-0.2, -0.15) is 5.10 Å². The van der Waals surface area contributed by atoms with Crippen molar-refractivity contribution >= 4 is 11.6 Å². The third kappa shape index (κ3) is 2.70. The first-order chi connectivity index (χ1) is 8.19. The highest BCUT2D eigenvalue weighted by Crippen LogP contribution is 2.11. The highest BCUT2D eigenvalue weighted by molar-refractivity contribution is 5.46. The van der Waals surface area contributed by atoms with Crippen molar-refractivity contribution in [3.8, 4) is 0 Å². The summed E-state index contributed by atoms with van der Waals surface area (Å²) in [6.07, 6.45) is 1.76. The van der Waals surface area contributed by atoms with Crippen LogP contribution in [0.5, 0.6) is 0 Å². The van der Waals surface area contributed by atoms with E-state index in [2.05, 4.69) is 25.8 Å². The summed E-state index contributed by atoms with van der Waals surface area (Å²) >= 11 is 0. The average molecular weight is 233 g/mol. The molecule has 0 spiro atoms. The van der Waals surface area contributed by atoms with Crippen LogP contribution in [0, 0.1) is 6.92 Å². The Kier molecular flexibility index (Phi) is 3.20. The predicted molar refractivity (Wildman–Crippen MR) is 65.1 cm³/mol. The summed E-state index contributed by atoms with van der Waals surface area (Å²) in [4.78, 5) is 8.37. The third-order valence-electron chi connectivity index (χ3n) is 2.36. The van der Waals surface area contributed by atoms with E-state index >= 15 is 0 Å². The maximum Gasteiger partial charge on any atom is 0.145 e. The maximum absolute atomic E-state index is 5.32. The van der Waals surface area contributed by atoms with Crippen LogP contribution < -0.4 is 16.6 Å². The number of aryl methyl sites for hydroxylation is 2. The van der Waals surface area contributed by atoms with Gasteiger partial charge in [-0.25, -0.2) is 15.8 Å². The van der Waals surface area contributed by atoms with Crippen molar-refractivity contribution in [3.05, 3.63) is 29.8 Å². The van der Waals surface area contributed by atoms with Crippen molar-refractivity contribution in [2.45, 2.75) is 13.5 Å². The summed E-state index contributed by atoms with van der Waals surface area (Å²) in [5.74, 6) is 7.30. The second-order valence-corrected chi connectivity index (χ2v) is 3.63. The monoisotopic (exact) mass is 233 g/mol. The van der Waals surface area contributed by atoms with Crippen LogP contribution in [-0.4, -0.2) is 19.7 Å². The number of nitrogens with zero attached hydrogens (tertiary/aromatic N) is 4. The molecule has 90 valence electrons. The Balaban J connectivity index is 2.09. The Bertz CT molecular complexity index is 505. The molecule has 0 atom stereocenters. The largest absolute Gasteiger partial charge is 0.364 e. The maximum atomic E-state index is 5.32. The Morgan fingerprint density at radius 1 is 1.35 bits per heavy atom. The van der Waals surface area contributed by atoms with Crippen molar-refractivity contribution in [3.63, 3.8) is 0 Å². The fraction of sp³-hybridized carbons (Fsp3) is 0.300. The van der Waals surface area contributed by atoms with E-state index in [9.17, 15) is 0 Å². The Hall–Kier alpha value is -2.15. The van der Waals surface area contributed by atoms with E-state index in [0.717, 1.165) is 11.5 Å². The van der Waals surface area contributed by atoms with Crippen molar-refractivity contribution in [1.82, 2.24) is 19.7 Å². The molecule has 7 nitrogen and oxygen atoms in total. The van der Waals surface area contributed by atoms with Gasteiger partial charge < -0.3 is 10.7 Å². The van der Waals surface area contributed by atoms with Crippen molar-refractivity contribution in [1.29, 1.82) is 0 Å². The molecule has 0 fully saturated rings. The van der Waals surface area contributed by atoms with Crippen LogP contribution in [0.15, 0.2) is 18.3 Å². The molecule has 0 amide bonds. The number of aromatic nitrogens is 4. The molecule has 2 rings (SSSR count). The number of hydrazine groups is 1. The van der Waals surface area contributed by atoms with E-state index in [1.807, 2.05) is 24.7 Å². The molecule has 0 aliphatic carbocycles. The van der Waals surface area contributed by atoms with E-state index in [1.165, 1.54) is 0 Å². The zero-order valence-corrected chi connectivity index (χ0v) is 9.81. The first-order valence-electron chi connectivity index (χ1n) is 5.22. The smallest absolute Gasteiger partial charge is 0.145 e. The normalized spacial score (nSPS) is 10.3. The molecule has 0 saturated carbocycles. The molecule has 2 heterocycles. The number of nitrogen functional groups attached to an aromatic ring is 1. The second-order valence-electron chi connectivity index (χ2n) is 3.63. The summed E-state index contributed by atoms with van der Waals surface area (Å²) in [7, 11) is 1.90. The van der Waals surface area contributed by atoms with Crippen LogP contribution in [0.25, 0.3) is 0 Å². The average Bonchev–Trinajstić information content (AvgIpc) is 2.71. The molecule has 0 aliphatic rings. The quantitative estimate of drug-likeness (QED) is 0.523. The first kappa shape index (κ1) is 11.3. The highest BCUT2D eigenvalue weighted by atomic mass is 15.3. The Morgan fingerprint density at radius 2 is 2.12 bits per heavy atom. The van der Waals surface area contributed by atoms with Gasteiger partial charge in [0.05, 0.1) is 12.2 Å². The van der Waals surface area contributed by atoms with E-state index in [0.29, 0.717) is 18.2 Å². The van der Waals surface area contributed by atoms with Crippen molar-refractivity contribution in [2.24, 2.45) is 12.9 Å². The third-order valence-corrected chi connectivity index (χ3v) is 2.36. The SMILES string of the molecule is Cc1nc(NN)cc(NCc2ccnn2C)n1. The highest BCUT2D eigenvalue weighted by Gasteiger charge is 2.02. The lowest BCUT2D eigenvalue weighted by Crippen LogP contribution is -2.12. The number of nitrogens with two attached hydrogens (primary N) is 1. The summed E-state index contributed by atoms with van der Waals surface area (Å²) in [5, 5.41) is 7.29. The zero-order valence-electron chi connectivity index (χ0n) is 9.81. The molecule has 0 aromatic carbocycles. The summed E-state index contributed by atoms with van der Waals surface area (Å²) in [5.41, 5.74) is 3.58. The van der Waals surface area contributed by atoms with Gasteiger partial charge in [0, 0.05) is 19.3 Å². The molecule has 0 bridgehead atoms. The molecule has 0 saturated heterocycles. The Labute approximate surface area is 99.0 Å². The van der Waals surface area contributed by atoms with Gasteiger partial charge in [-0.1, -0.05) is 0 Å². The van der Waals surface area contributed by atoms with Gasteiger partial charge in [0.1, 0.15) is 17.5 Å². The molecular weight excluding hydrogens is 218 g/mol. The Morgan fingerprint density at radius 3 is 2.76 bits per heavy atom. The summed E-state index contributed by atoms with van der Waals surface area (Å²) < 4.78 is 1.81. The molecule has 17 heavy (non-hydrogen) atoms. The van der Waals surface area contributed by atoms with Gasteiger partial charge >= 0.3 is 0 Å². The molecule has 2 aromatic rings. The van der Waals surface area contributed by atoms with E-state index in [-0.39, 0.29) is 0 Å². The van der Waals surface area contributed by atoms with Gasteiger partial charge in [0.15, 0.2) is 0 Å². The van der Waals surface area contributed by atoms with Gasteiger partial charge in [0.2, 0.25) is 0 Å².